The van der Waals surface area contributed by atoms with E-state index in [-0.39, 0.29) is 6.10 Å². The second-order valence-corrected chi connectivity index (χ2v) is 10.0. The van der Waals surface area contributed by atoms with Crippen molar-refractivity contribution in [3.63, 3.8) is 0 Å². The molecule has 1 aliphatic heterocycles. The van der Waals surface area contributed by atoms with Crippen LogP contribution in [0.4, 0.5) is 0 Å². The minimum Gasteiger partial charge on any atom is -0.393 e. The van der Waals surface area contributed by atoms with E-state index in [9.17, 15) is 15.3 Å². The lowest BCUT2D eigenvalue weighted by molar-refractivity contribution is 0.0294. The molecule has 27 heavy (non-hydrogen) atoms. The Bertz CT molecular complexity index is 327. The minimum atomic E-state index is -3.00. The normalized spacial score (nSPS) is 22.2. The molecule has 162 valence electrons. The molecule has 3 N–H and O–H groups in total. The first-order valence-corrected chi connectivity index (χ1v) is 11.9. The Balaban J connectivity index is 2.56. The third kappa shape index (κ3) is 13.7. The zero-order chi connectivity index (χ0) is 20.1. The number of epoxide rings is 1. The van der Waals surface area contributed by atoms with Crippen molar-refractivity contribution in [2.45, 2.75) is 76.9 Å². The van der Waals surface area contributed by atoms with E-state index in [0.717, 1.165) is 13.0 Å². The Morgan fingerprint density at radius 1 is 0.852 bits per heavy atom. The molecule has 0 bridgehead atoms. The quantitative estimate of drug-likeness (QED) is 0.175. The maximum atomic E-state index is 9.51. The van der Waals surface area contributed by atoms with Gasteiger partial charge in [0.15, 0.2) is 0 Å². The molecular formula is C18H38O8Si. The molecule has 1 saturated heterocycles. The van der Waals surface area contributed by atoms with Crippen molar-refractivity contribution in [3.05, 3.63) is 0 Å². The van der Waals surface area contributed by atoms with Gasteiger partial charge in [-0.25, -0.2) is 0 Å². The van der Waals surface area contributed by atoms with E-state index in [4.69, 9.17) is 22.8 Å². The molecule has 8 nitrogen and oxygen atoms in total. The number of hydrogen-bond acceptors (Lipinski definition) is 8. The third-order valence-electron chi connectivity index (χ3n) is 4.05. The van der Waals surface area contributed by atoms with E-state index in [0.29, 0.717) is 58.3 Å². The van der Waals surface area contributed by atoms with Crippen LogP contribution < -0.4 is 0 Å². The van der Waals surface area contributed by atoms with Crippen molar-refractivity contribution in [3.8, 4) is 0 Å². The largest absolute Gasteiger partial charge is 0.501 e. The highest BCUT2D eigenvalue weighted by Gasteiger charge is 2.41. The standard InChI is InChI=1S/C18H38O8Si/c1-15(19)5-9-24-27(25-10-6-16(2)20,26-11-7-17(3)21)12-4-8-22-13-18-14-23-18/h15-21H,4-14H2,1-3H3. The molecule has 0 amide bonds. The van der Waals surface area contributed by atoms with Gasteiger partial charge in [0, 0.05) is 32.5 Å². The molecule has 1 heterocycles. The zero-order valence-electron chi connectivity index (χ0n) is 17.0. The summed E-state index contributed by atoms with van der Waals surface area (Å²) in [6.45, 7) is 8.08. The summed E-state index contributed by atoms with van der Waals surface area (Å²) < 4.78 is 28.8. The van der Waals surface area contributed by atoms with Gasteiger partial charge in [-0.2, -0.15) is 0 Å². The van der Waals surface area contributed by atoms with Crippen LogP contribution in [0.5, 0.6) is 0 Å². The summed E-state index contributed by atoms with van der Waals surface area (Å²) in [7, 11) is -3.00. The molecule has 0 radical (unpaired) electrons. The molecule has 0 aliphatic carbocycles. The third-order valence-corrected chi connectivity index (χ3v) is 6.95. The molecule has 1 aliphatic rings. The number of rotatable bonds is 18. The Kier molecular flexibility index (Phi) is 12.9. The first kappa shape index (κ1) is 24.9. The van der Waals surface area contributed by atoms with Crippen molar-refractivity contribution in [2.24, 2.45) is 0 Å². The fourth-order valence-corrected chi connectivity index (χ4v) is 4.81. The predicted octanol–water partition coefficient (Wildman–Crippen LogP) is 1.09. The highest BCUT2D eigenvalue weighted by Crippen LogP contribution is 2.21. The Morgan fingerprint density at radius 2 is 1.30 bits per heavy atom. The van der Waals surface area contributed by atoms with Gasteiger partial charge in [-0.15, -0.1) is 0 Å². The Hall–Kier alpha value is -0.103. The summed E-state index contributed by atoms with van der Waals surface area (Å²) in [6.07, 6.45) is 1.03. The minimum absolute atomic E-state index is 0.235. The lowest BCUT2D eigenvalue weighted by atomic mass is 10.3. The van der Waals surface area contributed by atoms with E-state index >= 15 is 0 Å². The van der Waals surface area contributed by atoms with Crippen LogP contribution in [0.2, 0.25) is 6.04 Å². The van der Waals surface area contributed by atoms with Gasteiger partial charge < -0.3 is 38.1 Å². The van der Waals surface area contributed by atoms with E-state index in [1.807, 2.05) is 0 Å². The highest BCUT2D eigenvalue weighted by molar-refractivity contribution is 6.60. The lowest BCUT2D eigenvalue weighted by Gasteiger charge is -2.30. The topological polar surface area (TPSA) is 110 Å². The summed E-state index contributed by atoms with van der Waals surface area (Å²) in [5.41, 5.74) is 0. The van der Waals surface area contributed by atoms with Crippen LogP contribution in [0.3, 0.4) is 0 Å². The average molecular weight is 411 g/mol. The fraction of sp³-hybridized carbons (Fsp3) is 1.00. The highest BCUT2D eigenvalue weighted by atomic mass is 28.4. The van der Waals surface area contributed by atoms with E-state index in [2.05, 4.69) is 0 Å². The van der Waals surface area contributed by atoms with Gasteiger partial charge in [0.1, 0.15) is 6.10 Å². The maximum Gasteiger partial charge on any atom is 0.501 e. The van der Waals surface area contributed by atoms with Crippen molar-refractivity contribution in [1.82, 2.24) is 0 Å². The van der Waals surface area contributed by atoms with Crippen molar-refractivity contribution >= 4 is 8.80 Å². The van der Waals surface area contributed by atoms with Gasteiger partial charge in [-0.3, -0.25) is 0 Å². The molecule has 0 aromatic carbocycles. The van der Waals surface area contributed by atoms with Crippen LogP contribution >= 0.6 is 0 Å². The second kappa shape index (κ2) is 14.0. The SMILES string of the molecule is CC(O)CCO[Si](CCCOCC1CO1)(OCCC(C)O)OCCC(C)O. The Labute approximate surface area is 164 Å². The van der Waals surface area contributed by atoms with Gasteiger partial charge in [-0.1, -0.05) is 0 Å². The summed E-state index contributed by atoms with van der Waals surface area (Å²) in [6, 6.07) is 0.581. The van der Waals surface area contributed by atoms with E-state index in [1.54, 1.807) is 20.8 Å². The summed E-state index contributed by atoms with van der Waals surface area (Å²) in [5.74, 6) is 0. The van der Waals surface area contributed by atoms with Gasteiger partial charge in [-0.05, 0) is 46.5 Å². The summed E-state index contributed by atoms with van der Waals surface area (Å²) >= 11 is 0. The molecule has 1 rings (SSSR count). The number of aliphatic hydroxyl groups is 3. The van der Waals surface area contributed by atoms with Crippen LogP contribution in [0, 0.1) is 0 Å². The first-order valence-electron chi connectivity index (χ1n) is 9.98. The summed E-state index contributed by atoms with van der Waals surface area (Å²) in [4.78, 5) is 0. The predicted molar refractivity (Wildman–Crippen MR) is 102 cm³/mol. The molecule has 0 spiro atoms. The van der Waals surface area contributed by atoms with Crippen LogP contribution in [0.1, 0.15) is 46.5 Å². The second-order valence-electron chi connectivity index (χ2n) is 7.28. The fourth-order valence-electron chi connectivity index (χ4n) is 2.27. The number of aliphatic hydroxyl groups excluding tert-OH is 3. The molecule has 1 fully saturated rings. The number of hydrogen-bond donors (Lipinski definition) is 3. The molecule has 4 atom stereocenters. The molecular weight excluding hydrogens is 372 g/mol. The van der Waals surface area contributed by atoms with Crippen molar-refractivity contribution in [1.29, 1.82) is 0 Å². The van der Waals surface area contributed by atoms with Crippen LogP contribution in [0.15, 0.2) is 0 Å². The zero-order valence-corrected chi connectivity index (χ0v) is 18.0. The summed E-state index contributed by atoms with van der Waals surface area (Å²) in [5, 5.41) is 28.5. The van der Waals surface area contributed by atoms with E-state index < -0.39 is 27.1 Å². The van der Waals surface area contributed by atoms with Crippen LogP contribution in [-0.4, -0.2) is 88.2 Å². The smallest absolute Gasteiger partial charge is 0.393 e. The van der Waals surface area contributed by atoms with Gasteiger partial charge in [0.05, 0.1) is 31.5 Å². The molecule has 4 unspecified atom stereocenters. The molecule has 0 aromatic rings. The van der Waals surface area contributed by atoms with Gasteiger partial charge in [0.25, 0.3) is 0 Å². The lowest BCUT2D eigenvalue weighted by Crippen LogP contribution is -2.47. The first-order chi connectivity index (χ1) is 12.8. The Morgan fingerprint density at radius 3 is 1.67 bits per heavy atom. The maximum absolute atomic E-state index is 9.51. The monoisotopic (exact) mass is 410 g/mol. The van der Waals surface area contributed by atoms with Crippen molar-refractivity contribution in [2.75, 3.05) is 39.6 Å². The number of ether oxygens (including phenoxy) is 2. The molecule has 9 heteroatoms. The van der Waals surface area contributed by atoms with Gasteiger partial charge in [0.2, 0.25) is 0 Å². The molecule has 0 aromatic heterocycles. The molecule has 0 saturated carbocycles. The van der Waals surface area contributed by atoms with Crippen LogP contribution in [-0.2, 0) is 22.8 Å². The van der Waals surface area contributed by atoms with E-state index in [1.165, 1.54) is 0 Å². The van der Waals surface area contributed by atoms with Gasteiger partial charge >= 0.3 is 8.80 Å². The van der Waals surface area contributed by atoms with Crippen LogP contribution in [0.25, 0.3) is 0 Å². The van der Waals surface area contributed by atoms with Crippen molar-refractivity contribution < 1.29 is 38.1 Å². The average Bonchev–Trinajstić information content (AvgIpc) is 3.37.